The number of aryl methyl sites for hydroxylation is 2. The van der Waals surface area contributed by atoms with Crippen LogP contribution in [0.4, 0.5) is 9.52 Å². The van der Waals surface area contributed by atoms with E-state index in [1.165, 1.54) is 28.3 Å². The van der Waals surface area contributed by atoms with Crippen LogP contribution in [-0.2, 0) is 6.42 Å². The molecule has 1 aromatic carbocycles. The Kier molecular flexibility index (Phi) is 4.68. The largest absolute Gasteiger partial charge is 0.353 e. The van der Waals surface area contributed by atoms with Crippen LogP contribution in [0.15, 0.2) is 24.3 Å². The lowest BCUT2D eigenvalue weighted by Crippen LogP contribution is -2.05. The van der Waals surface area contributed by atoms with Gasteiger partial charge in [0.2, 0.25) is 5.13 Å². The van der Waals surface area contributed by atoms with Crippen molar-refractivity contribution in [2.75, 3.05) is 5.32 Å². The maximum atomic E-state index is 12.9. The SMILES string of the molecule is Cc1nc(C)c(C(C)Nc2nnc(Cc3ccc(F)cc3)s2)s1. The molecule has 2 aromatic heterocycles. The Balaban J connectivity index is 1.67. The smallest absolute Gasteiger partial charge is 0.206 e. The number of hydrogen-bond donors (Lipinski definition) is 1. The number of rotatable bonds is 5. The van der Waals surface area contributed by atoms with Gasteiger partial charge in [-0.25, -0.2) is 9.37 Å². The molecule has 3 aromatic rings. The molecule has 0 fully saturated rings. The summed E-state index contributed by atoms with van der Waals surface area (Å²) in [5, 5.41) is 14.6. The molecule has 0 spiro atoms. The minimum atomic E-state index is -0.225. The van der Waals surface area contributed by atoms with E-state index in [9.17, 15) is 4.39 Å². The summed E-state index contributed by atoms with van der Waals surface area (Å²) in [6.07, 6.45) is 0.659. The van der Waals surface area contributed by atoms with Crippen molar-refractivity contribution in [2.24, 2.45) is 0 Å². The van der Waals surface area contributed by atoms with Gasteiger partial charge in [-0.05, 0) is 38.5 Å². The third-order valence-electron chi connectivity index (χ3n) is 3.41. The summed E-state index contributed by atoms with van der Waals surface area (Å²) in [4.78, 5) is 5.68. The van der Waals surface area contributed by atoms with Gasteiger partial charge in [0.25, 0.3) is 0 Å². The van der Waals surface area contributed by atoms with Gasteiger partial charge in [-0.15, -0.1) is 21.5 Å². The van der Waals surface area contributed by atoms with Gasteiger partial charge in [0, 0.05) is 11.3 Å². The highest BCUT2D eigenvalue weighted by Crippen LogP contribution is 2.29. The number of benzene rings is 1. The Morgan fingerprint density at radius 3 is 2.52 bits per heavy atom. The Morgan fingerprint density at radius 1 is 1.13 bits per heavy atom. The van der Waals surface area contributed by atoms with Crippen LogP contribution >= 0.6 is 22.7 Å². The first kappa shape index (κ1) is 16.0. The highest BCUT2D eigenvalue weighted by Gasteiger charge is 2.15. The molecule has 0 bridgehead atoms. The zero-order chi connectivity index (χ0) is 16.4. The quantitative estimate of drug-likeness (QED) is 0.737. The maximum Gasteiger partial charge on any atom is 0.206 e. The second-order valence-corrected chi connectivity index (χ2v) is 7.65. The van der Waals surface area contributed by atoms with Crippen LogP contribution in [0.25, 0.3) is 0 Å². The Hall–Kier alpha value is -1.86. The zero-order valence-electron chi connectivity index (χ0n) is 13.1. The molecule has 23 heavy (non-hydrogen) atoms. The predicted molar refractivity (Wildman–Crippen MR) is 92.7 cm³/mol. The molecule has 0 aliphatic rings. The second-order valence-electron chi connectivity index (χ2n) is 5.35. The Morgan fingerprint density at radius 2 is 1.87 bits per heavy atom. The summed E-state index contributed by atoms with van der Waals surface area (Å²) in [5.41, 5.74) is 2.08. The van der Waals surface area contributed by atoms with Crippen LogP contribution in [0.5, 0.6) is 0 Å². The van der Waals surface area contributed by atoms with E-state index < -0.39 is 0 Å². The van der Waals surface area contributed by atoms with Gasteiger partial charge in [-0.1, -0.05) is 23.5 Å². The fourth-order valence-electron chi connectivity index (χ4n) is 2.36. The van der Waals surface area contributed by atoms with Crippen LogP contribution in [0.3, 0.4) is 0 Å². The molecule has 1 unspecified atom stereocenters. The van der Waals surface area contributed by atoms with Crippen LogP contribution in [0.2, 0.25) is 0 Å². The number of hydrogen-bond acceptors (Lipinski definition) is 6. The molecular weight excluding hydrogens is 331 g/mol. The molecule has 2 heterocycles. The van der Waals surface area contributed by atoms with Crippen molar-refractivity contribution in [2.45, 2.75) is 33.2 Å². The summed E-state index contributed by atoms with van der Waals surface area (Å²) in [6, 6.07) is 6.62. The number of aromatic nitrogens is 3. The van der Waals surface area contributed by atoms with E-state index in [0.29, 0.717) is 6.42 Å². The van der Waals surface area contributed by atoms with E-state index in [1.807, 2.05) is 13.8 Å². The van der Waals surface area contributed by atoms with Gasteiger partial charge in [-0.2, -0.15) is 0 Å². The maximum absolute atomic E-state index is 12.9. The van der Waals surface area contributed by atoms with Crippen molar-refractivity contribution >= 4 is 27.8 Å². The minimum absolute atomic E-state index is 0.146. The van der Waals surface area contributed by atoms with Gasteiger partial charge in [0.15, 0.2) is 0 Å². The first-order chi connectivity index (χ1) is 11.0. The summed E-state index contributed by atoms with van der Waals surface area (Å²) in [7, 11) is 0. The van der Waals surface area contributed by atoms with E-state index >= 15 is 0 Å². The van der Waals surface area contributed by atoms with Crippen molar-refractivity contribution in [1.29, 1.82) is 0 Å². The highest BCUT2D eigenvalue weighted by atomic mass is 32.1. The van der Waals surface area contributed by atoms with Crippen LogP contribution in [0.1, 0.15) is 39.1 Å². The van der Waals surface area contributed by atoms with E-state index in [4.69, 9.17) is 0 Å². The van der Waals surface area contributed by atoms with Gasteiger partial charge in [-0.3, -0.25) is 0 Å². The average Bonchev–Trinajstić information content (AvgIpc) is 3.07. The van der Waals surface area contributed by atoms with Crippen LogP contribution < -0.4 is 5.32 Å². The number of anilines is 1. The molecular formula is C16H17FN4S2. The first-order valence-electron chi connectivity index (χ1n) is 7.28. The second kappa shape index (κ2) is 6.72. The van der Waals surface area contributed by atoms with Gasteiger partial charge in [0.1, 0.15) is 10.8 Å². The summed E-state index contributed by atoms with van der Waals surface area (Å²) < 4.78 is 12.9. The normalized spacial score (nSPS) is 12.3. The highest BCUT2D eigenvalue weighted by molar-refractivity contribution is 7.15. The van der Waals surface area contributed by atoms with E-state index in [2.05, 4.69) is 27.4 Å². The van der Waals surface area contributed by atoms with Gasteiger partial charge in [0.05, 0.1) is 16.7 Å². The molecule has 0 saturated carbocycles. The first-order valence-corrected chi connectivity index (χ1v) is 8.92. The molecule has 0 radical (unpaired) electrons. The molecule has 0 saturated heterocycles. The van der Waals surface area contributed by atoms with Gasteiger partial charge < -0.3 is 5.32 Å². The summed E-state index contributed by atoms with van der Waals surface area (Å²) >= 11 is 3.22. The minimum Gasteiger partial charge on any atom is -0.353 e. The fourth-order valence-corrected chi connectivity index (χ4v) is 4.15. The standard InChI is InChI=1S/C16H17FN4S2/c1-9-15(22-11(3)18-9)10(2)19-16-21-20-14(23-16)8-12-4-6-13(17)7-5-12/h4-7,10H,8H2,1-3H3,(H,19,21). The average molecular weight is 348 g/mol. The van der Waals surface area contributed by atoms with Crippen molar-refractivity contribution in [3.05, 3.63) is 56.2 Å². The lowest BCUT2D eigenvalue weighted by Gasteiger charge is -2.10. The number of halogens is 1. The van der Waals surface area contributed by atoms with Crippen molar-refractivity contribution in [3.63, 3.8) is 0 Å². The number of thiazole rings is 1. The summed E-state index contributed by atoms with van der Waals surface area (Å²) in [6.45, 7) is 6.14. The Labute approximate surface area is 142 Å². The van der Waals surface area contributed by atoms with Crippen molar-refractivity contribution in [3.8, 4) is 0 Å². The molecule has 4 nitrogen and oxygen atoms in total. The van der Waals surface area contributed by atoms with E-state index in [-0.39, 0.29) is 11.9 Å². The van der Waals surface area contributed by atoms with E-state index in [1.54, 1.807) is 23.5 Å². The molecule has 1 atom stereocenters. The van der Waals surface area contributed by atoms with E-state index in [0.717, 1.165) is 26.4 Å². The third kappa shape index (κ3) is 3.92. The van der Waals surface area contributed by atoms with Crippen molar-refractivity contribution in [1.82, 2.24) is 15.2 Å². The molecule has 3 rings (SSSR count). The molecule has 0 aliphatic heterocycles. The third-order valence-corrected chi connectivity index (χ3v) is 5.52. The Bertz CT molecular complexity index is 795. The van der Waals surface area contributed by atoms with Crippen molar-refractivity contribution < 1.29 is 4.39 Å². The predicted octanol–water partition coefficient (Wildman–Crippen LogP) is 4.51. The topological polar surface area (TPSA) is 50.7 Å². The molecule has 7 heteroatoms. The lowest BCUT2D eigenvalue weighted by atomic mass is 10.2. The lowest BCUT2D eigenvalue weighted by molar-refractivity contribution is 0.627. The molecule has 0 amide bonds. The molecule has 120 valence electrons. The molecule has 1 N–H and O–H groups in total. The fraction of sp³-hybridized carbons (Fsp3) is 0.312. The number of nitrogens with one attached hydrogen (secondary N) is 1. The molecule has 0 aliphatic carbocycles. The number of nitrogens with zero attached hydrogens (tertiary/aromatic N) is 3. The summed E-state index contributed by atoms with van der Waals surface area (Å²) in [5.74, 6) is -0.225. The van der Waals surface area contributed by atoms with Gasteiger partial charge >= 0.3 is 0 Å². The van der Waals surface area contributed by atoms with Crippen LogP contribution in [0, 0.1) is 19.7 Å². The monoisotopic (exact) mass is 348 g/mol. The van der Waals surface area contributed by atoms with Crippen LogP contribution in [-0.4, -0.2) is 15.2 Å². The zero-order valence-corrected chi connectivity index (χ0v) is 14.8.